The van der Waals surface area contributed by atoms with Crippen molar-refractivity contribution < 1.29 is 4.42 Å². The van der Waals surface area contributed by atoms with E-state index in [-0.39, 0.29) is 28.6 Å². The van der Waals surface area contributed by atoms with Crippen molar-refractivity contribution in [1.82, 2.24) is 0 Å². The molecular weight excluding hydrogens is 679 g/mol. The van der Waals surface area contributed by atoms with E-state index in [1.165, 1.54) is 97.5 Å². The molecule has 2 unspecified atom stereocenters. The van der Waals surface area contributed by atoms with Crippen LogP contribution in [0.1, 0.15) is 97.8 Å². The van der Waals surface area contributed by atoms with Crippen molar-refractivity contribution in [1.29, 1.82) is 0 Å². The molecule has 1 fully saturated rings. The molecule has 1 saturated carbocycles. The van der Waals surface area contributed by atoms with E-state index in [9.17, 15) is 0 Å². The normalized spacial score (nSPS) is 21.0. The maximum Gasteiger partial charge on any atom is 0.333 e. The summed E-state index contributed by atoms with van der Waals surface area (Å²) in [6, 6.07) is 43.7. The van der Waals surface area contributed by atoms with Crippen molar-refractivity contribution in [2.75, 3.05) is 9.71 Å². The summed E-state index contributed by atoms with van der Waals surface area (Å²) in [7, 11) is 0. The maximum atomic E-state index is 7.30. The van der Waals surface area contributed by atoms with Gasteiger partial charge in [-0.15, -0.1) is 0 Å². The first kappa shape index (κ1) is 34.1. The van der Waals surface area contributed by atoms with E-state index < -0.39 is 0 Å². The summed E-state index contributed by atoms with van der Waals surface area (Å²) in [5.74, 6) is 0.941. The Kier molecular flexibility index (Phi) is 6.82. The molecule has 2 atom stereocenters. The second-order valence-electron chi connectivity index (χ2n) is 19.7. The van der Waals surface area contributed by atoms with Crippen LogP contribution in [0.5, 0.6) is 0 Å². The van der Waals surface area contributed by atoms with Gasteiger partial charge in [0.25, 0.3) is 0 Å². The molecule has 6 aromatic carbocycles. The molecule has 3 nitrogen and oxygen atoms in total. The van der Waals surface area contributed by atoms with Crippen molar-refractivity contribution >= 4 is 62.5 Å². The minimum Gasteiger partial charge on any atom is -0.440 e. The average Bonchev–Trinajstić information content (AvgIpc) is 3.66. The zero-order valence-electron chi connectivity index (χ0n) is 34.2. The molecular formula is C52H51BN2O. The Balaban J connectivity index is 1.33. The van der Waals surface area contributed by atoms with Crippen LogP contribution in [0.25, 0.3) is 44.0 Å². The third-order valence-electron chi connectivity index (χ3n) is 14.5. The monoisotopic (exact) mass is 730 g/mol. The average molecular weight is 731 g/mol. The van der Waals surface area contributed by atoms with Crippen molar-refractivity contribution in [3.8, 4) is 22.3 Å². The van der Waals surface area contributed by atoms with E-state index in [4.69, 9.17) is 4.42 Å². The molecule has 4 aliphatic rings. The first-order valence-corrected chi connectivity index (χ1v) is 20.9. The van der Waals surface area contributed by atoms with Gasteiger partial charge in [-0.25, -0.2) is 0 Å². The number of para-hydroxylation sites is 1. The van der Waals surface area contributed by atoms with Crippen LogP contribution in [-0.4, -0.2) is 12.4 Å². The Bertz CT molecular complexity index is 2780. The highest BCUT2D eigenvalue weighted by molar-refractivity contribution is 6.94. The molecule has 1 aromatic heterocycles. The number of furan rings is 1. The van der Waals surface area contributed by atoms with Gasteiger partial charge in [0.15, 0.2) is 0 Å². The molecule has 4 heteroatoms. The van der Waals surface area contributed by atoms with Gasteiger partial charge in [-0.2, -0.15) is 0 Å². The number of nitrogens with zero attached hydrogens (tertiary/aromatic N) is 2. The summed E-state index contributed by atoms with van der Waals surface area (Å²) >= 11 is 0. The van der Waals surface area contributed by atoms with E-state index in [0.29, 0.717) is 0 Å². The second kappa shape index (κ2) is 11.2. The minimum atomic E-state index is -0.0779. The quantitative estimate of drug-likeness (QED) is 0.165. The van der Waals surface area contributed by atoms with Crippen molar-refractivity contribution in [3.05, 3.63) is 132 Å². The number of hydrogen-bond donors (Lipinski definition) is 0. The molecule has 0 radical (unpaired) electrons. The smallest absolute Gasteiger partial charge is 0.333 e. The van der Waals surface area contributed by atoms with Crippen LogP contribution in [0.15, 0.2) is 120 Å². The summed E-state index contributed by atoms with van der Waals surface area (Å²) in [4.78, 5) is 5.46. The largest absolute Gasteiger partial charge is 0.440 e. The molecule has 0 bridgehead atoms. The van der Waals surface area contributed by atoms with Crippen molar-refractivity contribution in [2.24, 2.45) is 0 Å². The number of rotatable bonds is 2. The lowest BCUT2D eigenvalue weighted by Crippen LogP contribution is -2.70. The van der Waals surface area contributed by atoms with Crippen LogP contribution in [0.2, 0.25) is 0 Å². The lowest BCUT2D eigenvalue weighted by atomic mass is 9.42. The van der Waals surface area contributed by atoms with E-state index >= 15 is 0 Å². The summed E-state index contributed by atoms with van der Waals surface area (Å²) < 4.78 is 7.30. The van der Waals surface area contributed by atoms with Gasteiger partial charge in [0, 0.05) is 44.0 Å². The molecule has 11 rings (SSSR count). The molecule has 4 heterocycles. The van der Waals surface area contributed by atoms with Gasteiger partial charge >= 0.3 is 6.85 Å². The fraction of sp³-hybridized carbons (Fsp3) is 0.308. The summed E-state index contributed by atoms with van der Waals surface area (Å²) in [5, 5.41) is 3.72. The highest BCUT2D eigenvalue weighted by atomic mass is 16.4. The Labute approximate surface area is 332 Å². The maximum absolute atomic E-state index is 7.30. The standard InChI is InChI=1S/C52H51BN2O/c1-49(2,3)34-24-25-42(38(29-34)32-18-10-9-11-19-32)54-47-36-21-13-12-20-33(36)28-39-40-30-35(50(4,5)6)31-41-46(40)55(52(8)27-17-16-26-51(41,52)7)53(44(39)47)45-37-22-14-15-23-43(37)56-48(45)54/h9-15,18-25,28-31H,16-17,26-27H2,1-8H3. The van der Waals surface area contributed by atoms with Crippen LogP contribution >= 0.6 is 0 Å². The van der Waals surface area contributed by atoms with E-state index in [2.05, 4.69) is 180 Å². The highest BCUT2D eigenvalue weighted by Crippen LogP contribution is 2.64. The van der Waals surface area contributed by atoms with Gasteiger partial charge in [-0.1, -0.05) is 146 Å². The van der Waals surface area contributed by atoms with Crippen LogP contribution in [-0.2, 0) is 16.2 Å². The van der Waals surface area contributed by atoms with Gasteiger partial charge in [0.05, 0.1) is 11.4 Å². The van der Waals surface area contributed by atoms with Crippen LogP contribution in [0.3, 0.4) is 0 Å². The number of anilines is 4. The topological polar surface area (TPSA) is 19.6 Å². The molecule has 0 N–H and O–H groups in total. The molecule has 278 valence electrons. The predicted molar refractivity (Wildman–Crippen MR) is 238 cm³/mol. The zero-order valence-corrected chi connectivity index (χ0v) is 34.2. The van der Waals surface area contributed by atoms with Gasteiger partial charge in [-0.3, -0.25) is 4.90 Å². The summed E-state index contributed by atoms with van der Waals surface area (Å²) in [6.45, 7) is 19.3. The fourth-order valence-electron chi connectivity index (χ4n) is 11.3. The number of fused-ring (bicyclic) bond motifs is 11. The molecule has 0 amide bonds. The third kappa shape index (κ3) is 4.36. The minimum absolute atomic E-state index is 0.00743. The Hall–Kier alpha value is -5.22. The van der Waals surface area contributed by atoms with Crippen LogP contribution < -0.4 is 20.6 Å². The lowest BCUT2D eigenvalue weighted by Gasteiger charge is -2.54. The highest BCUT2D eigenvalue weighted by Gasteiger charge is 2.64. The summed E-state index contributed by atoms with van der Waals surface area (Å²) in [6.07, 6.45) is 4.87. The van der Waals surface area contributed by atoms with Gasteiger partial charge in [0.1, 0.15) is 5.58 Å². The molecule has 0 spiro atoms. The molecule has 7 aromatic rings. The Morgan fingerprint density at radius 3 is 2.05 bits per heavy atom. The SMILES string of the molecule is CC(C)(C)c1ccc(N2c3oc4ccccc4c3B3c4c(cc5ccccc5c42)-c2cc(C(C)(C)C)cc4c2N3C2(C)CCCCC42C)c(-c2ccccc2)c1. The summed E-state index contributed by atoms with van der Waals surface area (Å²) in [5.41, 5.74) is 16.9. The second-order valence-corrected chi connectivity index (χ2v) is 19.7. The molecule has 56 heavy (non-hydrogen) atoms. The van der Waals surface area contributed by atoms with Gasteiger partial charge in [0.2, 0.25) is 5.88 Å². The first-order chi connectivity index (χ1) is 26.8. The van der Waals surface area contributed by atoms with E-state index in [1.807, 2.05) is 0 Å². The third-order valence-corrected chi connectivity index (χ3v) is 14.5. The van der Waals surface area contributed by atoms with Crippen molar-refractivity contribution in [2.45, 2.75) is 103 Å². The van der Waals surface area contributed by atoms with Gasteiger partial charge < -0.3 is 9.23 Å². The van der Waals surface area contributed by atoms with E-state index in [0.717, 1.165) is 17.2 Å². The van der Waals surface area contributed by atoms with Crippen molar-refractivity contribution in [3.63, 3.8) is 0 Å². The van der Waals surface area contributed by atoms with Crippen LogP contribution in [0, 0.1) is 0 Å². The Morgan fingerprint density at radius 1 is 0.607 bits per heavy atom. The predicted octanol–water partition coefficient (Wildman–Crippen LogP) is 12.8. The van der Waals surface area contributed by atoms with E-state index in [1.54, 1.807) is 5.56 Å². The number of hydrogen-bond acceptors (Lipinski definition) is 3. The molecule has 3 aliphatic heterocycles. The first-order valence-electron chi connectivity index (χ1n) is 20.9. The Morgan fingerprint density at radius 2 is 1.29 bits per heavy atom. The van der Waals surface area contributed by atoms with Crippen LogP contribution in [0.4, 0.5) is 22.9 Å². The molecule has 1 aliphatic carbocycles. The zero-order chi connectivity index (χ0) is 38.5. The molecule has 0 saturated heterocycles. The number of benzene rings is 6. The lowest BCUT2D eigenvalue weighted by molar-refractivity contribution is 0.199. The van der Waals surface area contributed by atoms with Gasteiger partial charge in [-0.05, 0) is 99.6 Å². The fourth-order valence-corrected chi connectivity index (χ4v) is 11.3.